The van der Waals surface area contributed by atoms with Gasteiger partial charge in [0.25, 0.3) is 0 Å². The number of hydrogen-bond donors (Lipinski definition) is 1. The van der Waals surface area contributed by atoms with Gasteiger partial charge in [-0.2, -0.15) is 0 Å². The van der Waals surface area contributed by atoms with Crippen LogP contribution in [-0.2, 0) is 22.3 Å². The van der Waals surface area contributed by atoms with Crippen molar-refractivity contribution in [1.29, 1.82) is 0 Å². The third kappa shape index (κ3) is 6.04. The lowest BCUT2D eigenvalue weighted by Crippen LogP contribution is -2.41. The molecule has 5 nitrogen and oxygen atoms in total. The summed E-state index contributed by atoms with van der Waals surface area (Å²) in [6.07, 6.45) is 4.59. The summed E-state index contributed by atoms with van der Waals surface area (Å²) in [5.74, 6) is 1.29. The third-order valence-electron chi connectivity index (χ3n) is 5.81. The molecular formula is C23H30N2O3S. The zero-order valence-electron chi connectivity index (χ0n) is 16.8. The van der Waals surface area contributed by atoms with Crippen LogP contribution >= 0.6 is 0 Å². The molecule has 156 valence electrons. The average molecular weight is 415 g/mol. The summed E-state index contributed by atoms with van der Waals surface area (Å²) in [5, 5.41) is 0. The van der Waals surface area contributed by atoms with Crippen molar-refractivity contribution < 1.29 is 13.2 Å². The quantitative estimate of drug-likeness (QED) is 0.682. The molecule has 0 atom stereocenters. The van der Waals surface area contributed by atoms with E-state index >= 15 is 0 Å². The second-order valence-electron chi connectivity index (χ2n) is 8.30. The van der Waals surface area contributed by atoms with E-state index < -0.39 is 10.0 Å². The first-order chi connectivity index (χ1) is 14.1. The predicted octanol–water partition coefficient (Wildman–Crippen LogP) is 3.56. The topological polar surface area (TPSA) is 58.6 Å². The minimum Gasteiger partial charge on any atom is -0.490 e. The molecule has 1 aliphatic heterocycles. The van der Waals surface area contributed by atoms with E-state index in [1.54, 1.807) is 0 Å². The number of rotatable bonds is 9. The van der Waals surface area contributed by atoms with Gasteiger partial charge >= 0.3 is 0 Å². The van der Waals surface area contributed by atoms with Crippen molar-refractivity contribution in [2.75, 3.05) is 19.6 Å². The summed E-state index contributed by atoms with van der Waals surface area (Å²) in [4.78, 5) is 2.49. The molecule has 2 aromatic rings. The van der Waals surface area contributed by atoms with Crippen LogP contribution in [0, 0.1) is 5.92 Å². The first-order valence-electron chi connectivity index (χ1n) is 10.5. The summed E-state index contributed by atoms with van der Waals surface area (Å²) >= 11 is 0. The second kappa shape index (κ2) is 9.28. The highest BCUT2D eigenvalue weighted by Crippen LogP contribution is 2.31. The maximum absolute atomic E-state index is 12.2. The molecule has 1 saturated heterocycles. The Morgan fingerprint density at radius 1 is 0.931 bits per heavy atom. The maximum atomic E-state index is 12.2. The van der Waals surface area contributed by atoms with Crippen molar-refractivity contribution in [2.24, 2.45) is 5.92 Å². The number of nitrogens with zero attached hydrogens (tertiary/aromatic N) is 1. The molecule has 0 spiro atoms. The minimum atomic E-state index is -3.29. The predicted molar refractivity (Wildman–Crippen MR) is 115 cm³/mol. The molecule has 29 heavy (non-hydrogen) atoms. The summed E-state index contributed by atoms with van der Waals surface area (Å²) in [6, 6.07) is 17.7. The van der Waals surface area contributed by atoms with Gasteiger partial charge in [-0.15, -0.1) is 0 Å². The molecule has 1 heterocycles. The normalized spacial score (nSPS) is 22.3. The van der Waals surface area contributed by atoms with E-state index in [4.69, 9.17) is 4.74 Å². The van der Waals surface area contributed by atoms with Gasteiger partial charge in [-0.3, -0.25) is 4.90 Å². The van der Waals surface area contributed by atoms with E-state index in [1.807, 2.05) is 30.3 Å². The number of benzene rings is 2. The number of likely N-dealkylation sites (tertiary alicyclic amines) is 1. The molecule has 6 heteroatoms. The standard InChI is InChI=1S/C23H30N2O3S/c26-29(27,18-20-6-2-1-3-7-20)24-16-21-14-23(15-21)28-22-10-8-19(9-11-22)17-25-12-4-5-13-25/h1-3,6-11,21,23-24H,4-5,12-18H2. The average Bonchev–Trinajstić information content (AvgIpc) is 3.18. The van der Waals surface area contributed by atoms with E-state index in [0.717, 1.165) is 30.7 Å². The molecule has 0 amide bonds. The Morgan fingerprint density at radius 3 is 2.31 bits per heavy atom. The van der Waals surface area contributed by atoms with E-state index in [9.17, 15) is 8.42 Å². The fourth-order valence-corrected chi connectivity index (χ4v) is 5.31. The van der Waals surface area contributed by atoms with Gasteiger partial charge in [0.15, 0.2) is 0 Å². The lowest BCUT2D eigenvalue weighted by Gasteiger charge is -2.35. The van der Waals surface area contributed by atoms with Crippen molar-refractivity contribution in [3.05, 3.63) is 65.7 Å². The number of hydrogen-bond acceptors (Lipinski definition) is 4. The molecule has 1 N–H and O–H groups in total. The summed E-state index contributed by atoms with van der Waals surface area (Å²) in [5.41, 5.74) is 2.14. The molecule has 1 saturated carbocycles. The van der Waals surface area contributed by atoms with Gasteiger partial charge in [0, 0.05) is 13.1 Å². The van der Waals surface area contributed by atoms with E-state index in [2.05, 4.69) is 33.9 Å². The van der Waals surface area contributed by atoms with Crippen LogP contribution in [0.1, 0.15) is 36.8 Å². The second-order valence-corrected chi connectivity index (χ2v) is 10.1. The van der Waals surface area contributed by atoms with Crippen LogP contribution in [-0.4, -0.2) is 39.1 Å². The Morgan fingerprint density at radius 2 is 1.62 bits per heavy atom. The number of nitrogens with one attached hydrogen (secondary N) is 1. The van der Waals surface area contributed by atoms with Gasteiger partial charge in [-0.25, -0.2) is 13.1 Å². The molecule has 0 aromatic heterocycles. The number of ether oxygens (including phenoxy) is 1. The van der Waals surface area contributed by atoms with Gasteiger partial charge in [0.2, 0.25) is 10.0 Å². The first kappa shape index (κ1) is 20.4. The van der Waals surface area contributed by atoms with Crippen molar-refractivity contribution >= 4 is 10.0 Å². The monoisotopic (exact) mass is 414 g/mol. The van der Waals surface area contributed by atoms with Gasteiger partial charge in [-0.1, -0.05) is 42.5 Å². The largest absolute Gasteiger partial charge is 0.490 e. The highest BCUT2D eigenvalue weighted by molar-refractivity contribution is 7.88. The van der Waals surface area contributed by atoms with Crippen LogP contribution in [0.25, 0.3) is 0 Å². The van der Waals surface area contributed by atoms with Crippen LogP contribution in [0.3, 0.4) is 0 Å². The minimum absolute atomic E-state index is 0.0320. The highest BCUT2D eigenvalue weighted by Gasteiger charge is 2.31. The molecule has 2 aromatic carbocycles. The SMILES string of the molecule is O=S(=O)(Cc1ccccc1)NCC1CC(Oc2ccc(CN3CCCC3)cc2)C1. The Hall–Kier alpha value is -1.89. The Labute approximate surface area is 174 Å². The van der Waals surface area contributed by atoms with Gasteiger partial charge in [0.1, 0.15) is 5.75 Å². The van der Waals surface area contributed by atoms with Crippen molar-refractivity contribution in [3.63, 3.8) is 0 Å². The molecule has 2 aliphatic rings. The number of sulfonamides is 1. The first-order valence-corrected chi connectivity index (χ1v) is 12.2. The van der Waals surface area contributed by atoms with Crippen molar-refractivity contribution in [3.8, 4) is 5.75 Å². The Bertz CT molecular complexity index is 872. The molecular weight excluding hydrogens is 384 g/mol. The van der Waals surface area contributed by atoms with Crippen molar-refractivity contribution in [1.82, 2.24) is 9.62 Å². The van der Waals surface area contributed by atoms with Crippen LogP contribution < -0.4 is 9.46 Å². The van der Waals surface area contributed by atoms with E-state index in [0.29, 0.717) is 12.5 Å². The van der Waals surface area contributed by atoms with E-state index in [-0.39, 0.29) is 11.9 Å². The summed E-state index contributed by atoms with van der Waals surface area (Å²) < 4.78 is 33.2. The van der Waals surface area contributed by atoms with Crippen LogP contribution in [0.4, 0.5) is 0 Å². The fraction of sp³-hybridized carbons (Fsp3) is 0.478. The molecule has 1 aliphatic carbocycles. The van der Waals surface area contributed by atoms with Crippen LogP contribution in [0.2, 0.25) is 0 Å². The molecule has 4 rings (SSSR count). The smallest absolute Gasteiger partial charge is 0.215 e. The molecule has 0 unspecified atom stereocenters. The lowest BCUT2D eigenvalue weighted by atomic mass is 9.82. The zero-order valence-corrected chi connectivity index (χ0v) is 17.6. The Balaban J connectivity index is 1.16. The molecule has 0 bridgehead atoms. The Kier molecular flexibility index (Phi) is 6.53. The third-order valence-corrected chi connectivity index (χ3v) is 7.13. The van der Waals surface area contributed by atoms with Gasteiger partial charge in [-0.05, 0) is 68.0 Å². The van der Waals surface area contributed by atoms with Crippen molar-refractivity contribution in [2.45, 2.75) is 44.1 Å². The summed E-state index contributed by atoms with van der Waals surface area (Å²) in [7, 11) is -3.29. The summed E-state index contributed by atoms with van der Waals surface area (Å²) in [6.45, 7) is 3.92. The van der Waals surface area contributed by atoms with Crippen LogP contribution in [0.5, 0.6) is 5.75 Å². The maximum Gasteiger partial charge on any atom is 0.215 e. The zero-order chi connectivity index (χ0) is 20.1. The molecule has 2 fully saturated rings. The fourth-order valence-electron chi connectivity index (χ4n) is 4.09. The van der Waals surface area contributed by atoms with Gasteiger partial charge in [0.05, 0.1) is 11.9 Å². The van der Waals surface area contributed by atoms with E-state index in [1.165, 1.54) is 31.5 Å². The van der Waals surface area contributed by atoms with Gasteiger partial charge < -0.3 is 4.74 Å². The molecule has 0 radical (unpaired) electrons. The van der Waals surface area contributed by atoms with Crippen LogP contribution in [0.15, 0.2) is 54.6 Å². The lowest BCUT2D eigenvalue weighted by molar-refractivity contribution is 0.0673. The highest BCUT2D eigenvalue weighted by atomic mass is 32.2.